The van der Waals surface area contributed by atoms with Crippen molar-refractivity contribution in [1.82, 2.24) is 19.5 Å². The maximum Gasteiger partial charge on any atom is 0.333 e. The zero-order chi connectivity index (χ0) is 20.6. The average Bonchev–Trinajstić information content (AvgIpc) is 3.14. The molecule has 1 aliphatic rings. The molecule has 5 N–H and O–H groups in total. The summed E-state index contributed by atoms with van der Waals surface area (Å²) in [5, 5.41) is 27.6. The van der Waals surface area contributed by atoms with Gasteiger partial charge in [-0.3, -0.25) is 9.36 Å². The van der Waals surface area contributed by atoms with Crippen molar-refractivity contribution in [3.8, 4) is 0 Å². The summed E-state index contributed by atoms with van der Waals surface area (Å²) < 4.78 is 26.2. The summed E-state index contributed by atoms with van der Waals surface area (Å²) in [7, 11) is 0. The number of aromatic nitrogens is 4. The average molecular weight is 420 g/mol. The van der Waals surface area contributed by atoms with Gasteiger partial charge in [-0.05, 0) is 11.6 Å². The summed E-state index contributed by atoms with van der Waals surface area (Å²) in [4.78, 5) is 33.3. The van der Waals surface area contributed by atoms with Crippen LogP contribution in [0.4, 0.5) is 10.2 Å². The predicted octanol–water partition coefficient (Wildman–Crippen LogP) is -0.397. The van der Waals surface area contributed by atoms with E-state index in [4.69, 9.17) is 37.0 Å². The van der Waals surface area contributed by atoms with Crippen molar-refractivity contribution in [1.29, 1.82) is 0 Å². The molecule has 2 aromatic heterocycles. The minimum absolute atomic E-state index is 0.0273. The van der Waals surface area contributed by atoms with Gasteiger partial charge in [0.25, 0.3) is 0 Å². The summed E-state index contributed by atoms with van der Waals surface area (Å²) in [6, 6.07) is 0. The number of anilines is 1. The number of nitrogens with two attached hydrogens (primary N) is 1. The molecule has 1 aliphatic heterocycles. The molecule has 0 aliphatic carbocycles. The fourth-order valence-corrected chi connectivity index (χ4v) is 2.92. The number of carboxylic acids is 2. The van der Waals surface area contributed by atoms with Crippen molar-refractivity contribution in [3.63, 3.8) is 0 Å². The lowest BCUT2D eigenvalue weighted by Gasteiger charge is -2.18. The Kier molecular flexibility index (Phi) is 5.60. The number of carbonyl (C=O) groups is 2. The largest absolute Gasteiger partial charge is 0.481 e. The molecule has 1 unspecified atom stereocenters. The summed E-state index contributed by atoms with van der Waals surface area (Å²) in [6.07, 6.45) is -7.54. The van der Waals surface area contributed by atoms with E-state index in [-0.39, 0.29) is 22.3 Å². The third-order valence-corrected chi connectivity index (χ3v) is 4.26. The molecule has 0 radical (unpaired) electrons. The van der Waals surface area contributed by atoms with E-state index in [1.807, 2.05) is 0 Å². The number of alkyl halides is 1. The van der Waals surface area contributed by atoms with Crippen LogP contribution in [0.25, 0.3) is 11.2 Å². The Labute approximate surface area is 160 Å². The number of aliphatic hydroxyl groups excluding tert-OH is 1. The van der Waals surface area contributed by atoms with Gasteiger partial charge in [-0.15, -0.1) is 0 Å². The Balaban J connectivity index is 1.77. The number of rotatable bonds is 7. The van der Waals surface area contributed by atoms with Gasteiger partial charge in [0.2, 0.25) is 5.28 Å². The van der Waals surface area contributed by atoms with Crippen molar-refractivity contribution in [3.05, 3.63) is 11.6 Å². The molecule has 3 heterocycles. The number of hydrogen-bond donors (Lipinski definition) is 4. The number of ether oxygens (including phenoxy) is 2. The number of halogens is 2. The summed E-state index contributed by atoms with van der Waals surface area (Å²) in [5.74, 6) is -2.92. The van der Waals surface area contributed by atoms with Crippen molar-refractivity contribution in [2.45, 2.75) is 37.1 Å². The molecule has 14 heteroatoms. The zero-order valence-corrected chi connectivity index (χ0v) is 14.7. The molecule has 5 atom stereocenters. The van der Waals surface area contributed by atoms with Gasteiger partial charge >= 0.3 is 11.9 Å². The first-order chi connectivity index (χ1) is 13.2. The third-order valence-electron chi connectivity index (χ3n) is 4.09. The maximum atomic E-state index is 14.6. The van der Waals surface area contributed by atoms with Crippen LogP contribution < -0.4 is 5.73 Å². The number of aliphatic hydroxyl groups is 1. The van der Waals surface area contributed by atoms with Crippen molar-refractivity contribution < 1.29 is 38.8 Å². The van der Waals surface area contributed by atoms with Crippen LogP contribution in [0.1, 0.15) is 12.6 Å². The van der Waals surface area contributed by atoms with Gasteiger partial charge in [0.05, 0.1) is 19.4 Å². The molecule has 0 spiro atoms. The van der Waals surface area contributed by atoms with Gasteiger partial charge in [-0.2, -0.15) is 9.97 Å². The van der Waals surface area contributed by atoms with Gasteiger partial charge < -0.3 is 30.5 Å². The Morgan fingerprint density at radius 1 is 1.43 bits per heavy atom. The van der Waals surface area contributed by atoms with E-state index in [0.29, 0.717) is 0 Å². The van der Waals surface area contributed by atoms with Gasteiger partial charge in [0, 0.05) is 0 Å². The van der Waals surface area contributed by atoms with E-state index in [1.54, 1.807) is 0 Å². The Morgan fingerprint density at radius 2 is 2.14 bits per heavy atom. The first-order valence-electron chi connectivity index (χ1n) is 7.88. The molecule has 1 fully saturated rings. The lowest BCUT2D eigenvalue weighted by molar-refractivity contribution is -0.161. The highest BCUT2D eigenvalue weighted by atomic mass is 35.5. The monoisotopic (exact) mass is 419 g/mol. The van der Waals surface area contributed by atoms with E-state index in [2.05, 4.69) is 15.0 Å². The van der Waals surface area contributed by atoms with E-state index >= 15 is 0 Å². The minimum Gasteiger partial charge on any atom is -0.481 e. The molecule has 0 amide bonds. The smallest absolute Gasteiger partial charge is 0.333 e. The van der Waals surface area contributed by atoms with Crippen LogP contribution in [0, 0.1) is 0 Å². The second-order valence-electron chi connectivity index (χ2n) is 5.96. The van der Waals surface area contributed by atoms with Crippen LogP contribution in [0.15, 0.2) is 6.33 Å². The van der Waals surface area contributed by atoms with Crippen LogP contribution in [-0.2, 0) is 19.1 Å². The lowest BCUT2D eigenvalue weighted by Crippen LogP contribution is -2.35. The van der Waals surface area contributed by atoms with Gasteiger partial charge in [0.15, 0.2) is 30.0 Å². The topological polar surface area (TPSA) is 183 Å². The molecule has 1 saturated heterocycles. The molecule has 0 aromatic carbocycles. The predicted molar refractivity (Wildman–Crippen MR) is 89.2 cm³/mol. The van der Waals surface area contributed by atoms with Crippen LogP contribution in [0.5, 0.6) is 0 Å². The quantitative estimate of drug-likeness (QED) is 0.428. The fourth-order valence-electron chi connectivity index (χ4n) is 2.75. The molecule has 12 nitrogen and oxygen atoms in total. The molecular formula is C14H15ClFN5O7. The van der Waals surface area contributed by atoms with Crippen LogP contribution in [0.3, 0.4) is 0 Å². The first-order valence-corrected chi connectivity index (χ1v) is 8.26. The highest BCUT2D eigenvalue weighted by Gasteiger charge is 2.46. The standard InChI is InChI=1S/C14H15ClFN5O7/c15-14-19-10(17)8-11(20-14)21(3-18-8)12-7(16)9(24)5(28-12)2-27-4(13(25)26)1-6(22)23/h3-5,7,9,12,24H,1-2H2,(H,22,23)(H,25,26)(H2,17,19,20)/t4?,5-,7+,9-,12-/m1/s1. The fraction of sp³-hybridized carbons (Fsp3) is 0.500. The van der Waals surface area contributed by atoms with Crippen LogP contribution >= 0.6 is 11.6 Å². The van der Waals surface area contributed by atoms with Crippen LogP contribution in [-0.4, -0.2) is 77.9 Å². The Hall–Kier alpha value is -2.61. The number of hydrogen-bond acceptors (Lipinski definition) is 9. The number of aliphatic carboxylic acids is 2. The summed E-state index contributed by atoms with van der Waals surface area (Å²) in [5.41, 5.74) is 5.92. The second kappa shape index (κ2) is 7.79. The SMILES string of the molecule is Nc1nc(Cl)nc2c1ncn2[C@@H]1O[C@H](COC(CC(=O)O)C(=O)O)[C@@H](O)[C@@H]1F. The molecule has 2 aromatic rings. The molecule has 0 saturated carbocycles. The number of carboxylic acid groups (broad SMARTS) is 2. The second-order valence-corrected chi connectivity index (χ2v) is 6.30. The van der Waals surface area contributed by atoms with Crippen LogP contribution in [0.2, 0.25) is 5.28 Å². The molecule has 152 valence electrons. The zero-order valence-electron chi connectivity index (χ0n) is 14.0. The molecule has 28 heavy (non-hydrogen) atoms. The van der Waals surface area contributed by atoms with E-state index in [0.717, 1.165) is 0 Å². The van der Waals surface area contributed by atoms with E-state index in [1.165, 1.54) is 10.9 Å². The van der Waals surface area contributed by atoms with Gasteiger partial charge in [0.1, 0.15) is 17.7 Å². The number of fused-ring (bicyclic) bond motifs is 1. The third kappa shape index (κ3) is 3.82. The summed E-state index contributed by atoms with van der Waals surface area (Å²) in [6.45, 7) is -0.549. The number of nitrogens with zero attached hydrogens (tertiary/aromatic N) is 4. The van der Waals surface area contributed by atoms with E-state index in [9.17, 15) is 19.1 Å². The van der Waals surface area contributed by atoms with Gasteiger partial charge in [-0.1, -0.05) is 0 Å². The Morgan fingerprint density at radius 3 is 2.79 bits per heavy atom. The van der Waals surface area contributed by atoms with Crippen molar-refractivity contribution in [2.24, 2.45) is 0 Å². The molecule has 3 rings (SSSR count). The molecule has 0 bridgehead atoms. The van der Waals surface area contributed by atoms with Gasteiger partial charge in [-0.25, -0.2) is 14.2 Å². The number of imidazole rings is 1. The lowest BCUT2D eigenvalue weighted by atomic mass is 10.1. The molecular weight excluding hydrogens is 405 g/mol. The Bertz CT molecular complexity index is 912. The minimum atomic E-state index is -1.94. The van der Waals surface area contributed by atoms with E-state index < -0.39 is 55.7 Å². The summed E-state index contributed by atoms with van der Waals surface area (Å²) >= 11 is 5.76. The van der Waals surface area contributed by atoms with Crippen molar-refractivity contribution >= 4 is 40.5 Å². The normalized spacial score (nSPS) is 25.8. The highest BCUT2D eigenvalue weighted by Crippen LogP contribution is 2.34. The maximum absolute atomic E-state index is 14.6. The van der Waals surface area contributed by atoms with Crippen molar-refractivity contribution in [2.75, 3.05) is 12.3 Å². The number of nitrogen functional groups attached to an aromatic ring is 1. The first kappa shape index (κ1) is 20.1. The highest BCUT2D eigenvalue weighted by molar-refractivity contribution is 6.28.